The van der Waals surface area contributed by atoms with Gasteiger partial charge in [0.2, 0.25) is 0 Å². The number of ether oxygens (including phenoxy) is 3. The van der Waals surface area contributed by atoms with Crippen LogP contribution in [0.15, 0.2) is 36.4 Å². The molecule has 2 aromatic rings. The first-order chi connectivity index (χ1) is 12.0. The topological polar surface area (TPSA) is 68.8 Å². The van der Waals surface area contributed by atoms with E-state index in [1.807, 2.05) is 12.1 Å². The molecule has 0 aliphatic heterocycles. The van der Waals surface area contributed by atoms with Crippen LogP contribution in [0.3, 0.4) is 0 Å². The zero-order chi connectivity index (χ0) is 18.4. The van der Waals surface area contributed by atoms with Gasteiger partial charge < -0.3 is 24.8 Å². The van der Waals surface area contributed by atoms with Gasteiger partial charge in [-0.2, -0.15) is 0 Å². The lowest BCUT2D eigenvalue weighted by Gasteiger charge is -2.16. The Hall–Kier alpha value is -2.51. The summed E-state index contributed by atoms with van der Waals surface area (Å²) in [6, 6.07) is 10.3. The van der Waals surface area contributed by atoms with Crippen molar-refractivity contribution in [2.45, 2.75) is 0 Å². The molecule has 0 aliphatic rings. The summed E-state index contributed by atoms with van der Waals surface area (Å²) >= 11 is 11.4. The molecule has 0 fully saturated rings. The molecule has 0 bridgehead atoms. The van der Waals surface area contributed by atoms with Crippen molar-refractivity contribution in [3.63, 3.8) is 0 Å². The second-order valence-electron chi connectivity index (χ2n) is 4.80. The molecule has 2 rings (SSSR count). The van der Waals surface area contributed by atoms with Crippen LogP contribution in [0.25, 0.3) is 0 Å². The zero-order valence-corrected chi connectivity index (χ0v) is 15.5. The molecule has 0 aliphatic carbocycles. The molecule has 2 aromatic carbocycles. The van der Waals surface area contributed by atoms with Gasteiger partial charge in [0.05, 0.1) is 43.3 Å². The molecule has 0 aromatic heterocycles. The first-order valence-electron chi connectivity index (χ1n) is 7.17. The van der Waals surface area contributed by atoms with Crippen LogP contribution in [-0.4, -0.2) is 32.4 Å². The molecular formula is C17H17ClN2O4S. The molecule has 8 heteroatoms. The van der Waals surface area contributed by atoms with Gasteiger partial charge in [-0.1, -0.05) is 23.7 Å². The smallest absolute Gasteiger partial charge is 0.340 e. The lowest BCUT2D eigenvalue weighted by atomic mass is 10.1. The summed E-state index contributed by atoms with van der Waals surface area (Å²) in [5.74, 6) is 0.306. The first-order valence-corrected chi connectivity index (χ1v) is 7.95. The van der Waals surface area contributed by atoms with E-state index in [4.69, 9.17) is 38.0 Å². The van der Waals surface area contributed by atoms with Gasteiger partial charge >= 0.3 is 5.97 Å². The van der Waals surface area contributed by atoms with E-state index in [2.05, 4.69) is 10.6 Å². The largest absolute Gasteiger partial charge is 0.493 e. The molecule has 0 heterocycles. The van der Waals surface area contributed by atoms with Gasteiger partial charge in [-0.25, -0.2) is 4.79 Å². The number of para-hydroxylation sites is 1. The molecule has 0 saturated heterocycles. The monoisotopic (exact) mass is 380 g/mol. The Labute approximate surface area is 156 Å². The second kappa shape index (κ2) is 8.55. The van der Waals surface area contributed by atoms with Gasteiger partial charge in [0, 0.05) is 12.1 Å². The summed E-state index contributed by atoms with van der Waals surface area (Å²) in [5, 5.41) is 6.70. The van der Waals surface area contributed by atoms with Crippen molar-refractivity contribution in [3.8, 4) is 11.5 Å². The highest BCUT2D eigenvalue weighted by atomic mass is 35.5. The Morgan fingerprint density at radius 2 is 1.60 bits per heavy atom. The van der Waals surface area contributed by atoms with E-state index < -0.39 is 5.97 Å². The maximum Gasteiger partial charge on any atom is 0.340 e. The van der Waals surface area contributed by atoms with Crippen molar-refractivity contribution in [1.82, 2.24) is 0 Å². The minimum atomic E-state index is -0.538. The summed E-state index contributed by atoms with van der Waals surface area (Å²) in [4.78, 5) is 12.1. The van der Waals surface area contributed by atoms with Gasteiger partial charge in [-0.15, -0.1) is 0 Å². The Bertz CT molecular complexity index is 798. The zero-order valence-electron chi connectivity index (χ0n) is 13.9. The third-order valence-corrected chi connectivity index (χ3v) is 3.83. The molecule has 0 unspecified atom stereocenters. The van der Waals surface area contributed by atoms with Crippen molar-refractivity contribution >= 4 is 46.3 Å². The van der Waals surface area contributed by atoms with Crippen LogP contribution in [-0.2, 0) is 4.74 Å². The van der Waals surface area contributed by atoms with Crippen molar-refractivity contribution in [3.05, 3.63) is 47.0 Å². The number of hydrogen-bond acceptors (Lipinski definition) is 5. The number of carbonyl (C=O) groups is 1. The van der Waals surface area contributed by atoms with Gasteiger partial charge in [0.25, 0.3) is 0 Å². The molecule has 132 valence electrons. The van der Waals surface area contributed by atoms with E-state index in [1.165, 1.54) is 27.4 Å². The highest BCUT2D eigenvalue weighted by molar-refractivity contribution is 7.80. The first kappa shape index (κ1) is 18.8. The minimum absolute atomic E-state index is 0.253. The summed E-state index contributed by atoms with van der Waals surface area (Å²) in [5.41, 5.74) is 1.30. The number of methoxy groups -OCH3 is 3. The van der Waals surface area contributed by atoms with Crippen LogP contribution < -0.4 is 20.1 Å². The predicted octanol–water partition coefficient (Wildman–Crippen LogP) is 3.95. The lowest BCUT2D eigenvalue weighted by Crippen LogP contribution is -2.21. The predicted molar refractivity (Wildman–Crippen MR) is 102 cm³/mol. The van der Waals surface area contributed by atoms with Crippen molar-refractivity contribution in [1.29, 1.82) is 0 Å². The van der Waals surface area contributed by atoms with Crippen molar-refractivity contribution in [2.75, 3.05) is 32.0 Å². The summed E-state index contributed by atoms with van der Waals surface area (Å²) in [7, 11) is 4.28. The standard InChI is InChI=1S/C17H17ClN2O4S/c1-22-14-8-10(16(21)24-3)13(9-15(14)23-2)20-17(25)19-12-7-5-4-6-11(12)18/h4-9H,1-3H3,(H2,19,20,25). The normalized spacial score (nSPS) is 9.92. The number of halogens is 1. The third kappa shape index (κ3) is 4.52. The molecule has 0 radical (unpaired) electrons. The van der Waals surface area contributed by atoms with Gasteiger partial charge in [0.1, 0.15) is 0 Å². The maximum atomic E-state index is 12.1. The van der Waals surface area contributed by atoms with E-state index >= 15 is 0 Å². The molecule has 0 amide bonds. The molecule has 2 N–H and O–H groups in total. The van der Waals surface area contributed by atoms with Crippen LogP contribution in [0.5, 0.6) is 11.5 Å². The third-order valence-electron chi connectivity index (χ3n) is 3.30. The van der Waals surface area contributed by atoms with Crippen LogP contribution in [0, 0.1) is 0 Å². The van der Waals surface area contributed by atoms with E-state index in [1.54, 1.807) is 18.2 Å². The van der Waals surface area contributed by atoms with E-state index in [-0.39, 0.29) is 10.7 Å². The Morgan fingerprint density at radius 3 is 2.20 bits per heavy atom. The van der Waals surface area contributed by atoms with Crippen LogP contribution in [0.4, 0.5) is 11.4 Å². The molecule has 25 heavy (non-hydrogen) atoms. The number of hydrogen-bond donors (Lipinski definition) is 2. The van der Waals surface area contributed by atoms with E-state index in [0.29, 0.717) is 27.9 Å². The molecule has 0 atom stereocenters. The SMILES string of the molecule is COC(=O)c1cc(OC)c(OC)cc1NC(=S)Nc1ccccc1Cl. The summed E-state index contributed by atoms with van der Waals surface area (Å²) in [6.07, 6.45) is 0. The number of carbonyl (C=O) groups excluding carboxylic acids is 1. The van der Waals surface area contributed by atoms with Crippen LogP contribution in [0.2, 0.25) is 5.02 Å². The fraction of sp³-hybridized carbons (Fsp3) is 0.176. The molecule has 0 spiro atoms. The Kier molecular flexibility index (Phi) is 6.44. The summed E-state index contributed by atoms with van der Waals surface area (Å²) in [6.45, 7) is 0. The Morgan fingerprint density at radius 1 is 1.00 bits per heavy atom. The average Bonchev–Trinajstić information content (AvgIpc) is 2.62. The number of thiocarbonyl (C=S) groups is 1. The number of nitrogens with one attached hydrogen (secondary N) is 2. The minimum Gasteiger partial charge on any atom is -0.493 e. The van der Waals surface area contributed by atoms with Gasteiger partial charge in [-0.05, 0) is 24.4 Å². The fourth-order valence-corrected chi connectivity index (χ4v) is 2.50. The Balaban J connectivity index is 2.32. The number of anilines is 2. The summed E-state index contributed by atoms with van der Waals surface area (Å²) < 4.78 is 15.3. The number of benzene rings is 2. The number of esters is 1. The quantitative estimate of drug-likeness (QED) is 0.601. The van der Waals surface area contributed by atoms with Crippen molar-refractivity contribution < 1.29 is 19.0 Å². The van der Waals surface area contributed by atoms with E-state index in [0.717, 1.165) is 0 Å². The van der Waals surface area contributed by atoms with Crippen LogP contribution in [0.1, 0.15) is 10.4 Å². The number of rotatable bonds is 5. The van der Waals surface area contributed by atoms with Crippen molar-refractivity contribution in [2.24, 2.45) is 0 Å². The van der Waals surface area contributed by atoms with Gasteiger partial charge in [0.15, 0.2) is 16.6 Å². The average molecular weight is 381 g/mol. The molecular weight excluding hydrogens is 364 g/mol. The van der Waals surface area contributed by atoms with Crippen LogP contribution >= 0.6 is 23.8 Å². The van der Waals surface area contributed by atoms with E-state index in [9.17, 15) is 4.79 Å². The molecule has 6 nitrogen and oxygen atoms in total. The second-order valence-corrected chi connectivity index (χ2v) is 5.62. The highest BCUT2D eigenvalue weighted by Gasteiger charge is 2.18. The van der Waals surface area contributed by atoms with Gasteiger partial charge in [-0.3, -0.25) is 0 Å². The molecule has 0 saturated carbocycles. The highest BCUT2D eigenvalue weighted by Crippen LogP contribution is 2.34. The maximum absolute atomic E-state index is 12.1. The lowest BCUT2D eigenvalue weighted by molar-refractivity contribution is 0.0601. The fourth-order valence-electron chi connectivity index (χ4n) is 2.10.